The molecule has 0 spiro atoms. The molecule has 0 bridgehead atoms. The highest BCUT2D eigenvalue weighted by molar-refractivity contribution is 7.44. The van der Waals surface area contributed by atoms with E-state index in [0.29, 0.717) is 0 Å². The molecule has 7 heterocycles. The molecule has 0 nitrogen and oxygen atoms in total. The van der Waals surface area contributed by atoms with Crippen LogP contribution >= 0.6 is 79.4 Å². The fourth-order valence-electron chi connectivity index (χ4n) is 3.99. The molecule has 7 aromatic rings. The van der Waals surface area contributed by atoms with Crippen molar-refractivity contribution in [1.29, 1.82) is 0 Å². The highest BCUT2D eigenvalue weighted by Gasteiger charge is 2.17. The van der Waals surface area contributed by atoms with Gasteiger partial charge in [-0.15, -0.1) is 79.4 Å². The predicted octanol–water partition coefficient (Wildman–Crippen LogP) is 10.3. The molecule has 0 aliphatic heterocycles. The van der Waals surface area contributed by atoms with Crippen molar-refractivity contribution in [3.05, 3.63) is 43.8 Å². The molecule has 0 aromatic carbocycles. The molecule has 0 aliphatic carbocycles. The number of aryl methyl sites for hydroxylation is 4. The molecule has 0 N–H and O–H groups in total. The van der Waals surface area contributed by atoms with Gasteiger partial charge in [-0.25, -0.2) is 0 Å². The number of thiophene rings is 7. The Bertz CT molecular complexity index is 1680. The minimum absolute atomic E-state index is 1.16. The highest BCUT2D eigenvalue weighted by atomic mass is 32.1. The molecule has 7 heteroatoms. The summed E-state index contributed by atoms with van der Waals surface area (Å²) in [7, 11) is 0. The maximum absolute atomic E-state index is 2.46. The Morgan fingerprint density at radius 1 is 0.448 bits per heavy atom. The monoisotopic (exact) mass is 502 g/mol. The Morgan fingerprint density at radius 3 is 1.48 bits per heavy atom. The van der Waals surface area contributed by atoms with Crippen LogP contribution in [-0.2, 0) is 12.8 Å². The molecule has 7 aromatic heterocycles. The minimum Gasteiger partial charge on any atom is -0.138 e. The van der Waals surface area contributed by atoms with Gasteiger partial charge in [0.05, 0.1) is 28.2 Å². The van der Waals surface area contributed by atoms with Gasteiger partial charge in [-0.3, -0.25) is 0 Å². The lowest BCUT2D eigenvalue weighted by atomic mass is 10.2. The van der Waals surface area contributed by atoms with E-state index in [1.54, 1.807) is 0 Å². The third kappa shape index (κ3) is 2.69. The average molecular weight is 503 g/mol. The number of hydrogen-bond donors (Lipinski definition) is 0. The topological polar surface area (TPSA) is 0 Å². The SMILES string of the molecule is Cc1cc2sc3cc(CCc4cc5sc6c7sc(C)cc7sc6c5s4)sc3c2s1. The van der Waals surface area contributed by atoms with Crippen molar-refractivity contribution in [3.63, 3.8) is 0 Å². The summed E-state index contributed by atoms with van der Waals surface area (Å²) in [6.45, 7) is 4.44. The van der Waals surface area contributed by atoms with Gasteiger partial charge in [-0.1, -0.05) is 0 Å². The quantitative estimate of drug-likeness (QED) is 0.225. The molecule has 0 amide bonds. The maximum Gasteiger partial charge on any atom is 0.0650 e. The first-order valence-electron chi connectivity index (χ1n) is 9.37. The van der Waals surface area contributed by atoms with Gasteiger partial charge < -0.3 is 0 Å². The Hall–Kier alpha value is -0.800. The summed E-state index contributed by atoms with van der Waals surface area (Å²) in [6, 6.07) is 9.59. The number of fused-ring (bicyclic) bond motifs is 8. The van der Waals surface area contributed by atoms with E-state index in [2.05, 4.69) is 38.1 Å². The van der Waals surface area contributed by atoms with Crippen LogP contribution in [0.2, 0.25) is 0 Å². The lowest BCUT2D eigenvalue weighted by molar-refractivity contribution is 1.01. The molecule has 0 aliphatic rings. The summed E-state index contributed by atoms with van der Waals surface area (Å²) in [4.78, 5) is 5.93. The van der Waals surface area contributed by atoms with Crippen LogP contribution in [0.5, 0.6) is 0 Å². The zero-order valence-corrected chi connectivity index (χ0v) is 21.3. The molecular formula is C22H14S7. The average Bonchev–Trinajstić information content (AvgIpc) is 3.45. The van der Waals surface area contributed by atoms with Crippen molar-refractivity contribution in [1.82, 2.24) is 0 Å². The Kier molecular flexibility index (Phi) is 3.91. The first kappa shape index (κ1) is 17.8. The molecule has 0 saturated carbocycles. The van der Waals surface area contributed by atoms with Gasteiger partial charge in [-0.05, 0) is 51.0 Å². The van der Waals surface area contributed by atoms with Gasteiger partial charge in [0.15, 0.2) is 0 Å². The number of hydrogen-bond acceptors (Lipinski definition) is 7. The molecule has 7 rings (SSSR count). The standard InChI is InChI=1S/C22H14S7/c1-9-5-13-17(23-9)18-15(27-13)7-11(25-18)3-4-12-8-16-20(26-12)22-21(29-16)19-14(28-22)6-10(2)24-19/h5-8H,3-4H2,1-2H3. The summed E-state index contributed by atoms with van der Waals surface area (Å²) in [5.41, 5.74) is 0. The summed E-state index contributed by atoms with van der Waals surface area (Å²) in [5, 5.41) is 0. The van der Waals surface area contributed by atoms with E-state index >= 15 is 0 Å². The van der Waals surface area contributed by atoms with Crippen LogP contribution in [0.1, 0.15) is 19.5 Å². The first-order chi connectivity index (χ1) is 14.1. The molecular weight excluding hydrogens is 489 g/mol. The van der Waals surface area contributed by atoms with Crippen LogP contribution in [0.4, 0.5) is 0 Å². The van der Waals surface area contributed by atoms with Crippen molar-refractivity contribution in [2.24, 2.45) is 0 Å². The third-order valence-electron chi connectivity index (χ3n) is 5.23. The Morgan fingerprint density at radius 2 is 0.862 bits per heavy atom. The van der Waals surface area contributed by atoms with Crippen molar-refractivity contribution >= 4 is 126 Å². The fourth-order valence-corrected chi connectivity index (χ4v) is 13.5. The van der Waals surface area contributed by atoms with E-state index in [4.69, 9.17) is 0 Å². The molecule has 29 heavy (non-hydrogen) atoms. The van der Waals surface area contributed by atoms with E-state index in [1.165, 1.54) is 66.5 Å². The smallest absolute Gasteiger partial charge is 0.0650 e. The van der Waals surface area contributed by atoms with E-state index in [0.717, 1.165) is 12.8 Å². The van der Waals surface area contributed by atoms with E-state index < -0.39 is 0 Å². The predicted molar refractivity (Wildman–Crippen MR) is 142 cm³/mol. The van der Waals surface area contributed by atoms with Crippen molar-refractivity contribution in [2.45, 2.75) is 26.7 Å². The number of rotatable bonds is 3. The molecule has 144 valence electrons. The summed E-state index contributed by atoms with van der Waals surface area (Å²) >= 11 is 13.9. The van der Waals surface area contributed by atoms with Gasteiger partial charge in [0.2, 0.25) is 0 Å². The first-order valence-corrected chi connectivity index (χ1v) is 15.1. The summed E-state index contributed by atoms with van der Waals surface area (Å²) in [6.07, 6.45) is 2.32. The normalized spacial score (nSPS) is 12.8. The Balaban J connectivity index is 1.21. The van der Waals surface area contributed by atoms with E-state index in [-0.39, 0.29) is 0 Å². The molecule has 0 atom stereocenters. The largest absolute Gasteiger partial charge is 0.138 e. The fraction of sp³-hybridized carbons (Fsp3) is 0.182. The van der Waals surface area contributed by atoms with Crippen molar-refractivity contribution in [2.75, 3.05) is 0 Å². The second kappa shape index (κ2) is 6.36. The zero-order valence-electron chi connectivity index (χ0n) is 15.6. The van der Waals surface area contributed by atoms with Crippen LogP contribution < -0.4 is 0 Å². The lowest BCUT2D eigenvalue weighted by Gasteiger charge is -1.94. The summed E-state index contributed by atoms with van der Waals surface area (Å²) < 4.78 is 15.0. The second-order valence-corrected chi connectivity index (χ2v) is 15.4. The van der Waals surface area contributed by atoms with Gasteiger partial charge in [-0.2, -0.15) is 0 Å². The van der Waals surface area contributed by atoms with E-state index in [9.17, 15) is 0 Å². The van der Waals surface area contributed by atoms with Crippen LogP contribution in [-0.4, -0.2) is 0 Å². The van der Waals surface area contributed by atoms with Gasteiger partial charge in [0.1, 0.15) is 0 Å². The van der Waals surface area contributed by atoms with Crippen LogP contribution in [0.3, 0.4) is 0 Å². The van der Waals surface area contributed by atoms with Gasteiger partial charge in [0.25, 0.3) is 0 Å². The highest BCUT2D eigenvalue weighted by Crippen LogP contribution is 2.50. The minimum atomic E-state index is 1.16. The van der Waals surface area contributed by atoms with Crippen LogP contribution in [0.25, 0.3) is 47.0 Å². The Labute approximate surface area is 195 Å². The molecule has 0 saturated heterocycles. The van der Waals surface area contributed by atoms with Crippen LogP contribution in [0.15, 0.2) is 24.3 Å². The summed E-state index contributed by atoms with van der Waals surface area (Å²) in [5.74, 6) is 0. The van der Waals surface area contributed by atoms with Gasteiger partial charge >= 0.3 is 0 Å². The molecule has 0 unspecified atom stereocenters. The van der Waals surface area contributed by atoms with Gasteiger partial charge in [0, 0.05) is 38.3 Å². The van der Waals surface area contributed by atoms with Crippen molar-refractivity contribution in [3.8, 4) is 0 Å². The van der Waals surface area contributed by atoms with Crippen molar-refractivity contribution < 1.29 is 0 Å². The van der Waals surface area contributed by atoms with E-state index in [1.807, 2.05) is 79.4 Å². The lowest BCUT2D eigenvalue weighted by Crippen LogP contribution is -1.83. The maximum atomic E-state index is 2.46. The van der Waals surface area contributed by atoms with Crippen LogP contribution in [0, 0.1) is 13.8 Å². The molecule has 0 radical (unpaired) electrons. The third-order valence-corrected chi connectivity index (χ3v) is 14.2. The molecule has 0 fully saturated rings. The zero-order chi connectivity index (χ0) is 19.3. The second-order valence-electron chi connectivity index (χ2n) is 7.38.